The van der Waals surface area contributed by atoms with Gasteiger partial charge in [0.15, 0.2) is 0 Å². The van der Waals surface area contributed by atoms with Gasteiger partial charge in [0, 0.05) is 6.42 Å². The number of hydrogen-bond donors (Lipinski definition) is 3. The molecular weight excluding hydrogens is 687 g/mol. The van der Waals surface area contributed by atoms with E-state index in [0.29, 0.717) is 12.8 Å². The Morgan fingerprint density at radius 3 is 1.14 bits per heavy atom. The highest BCUT2D eigenvalue weighted by molar-refractivity contribution is 5.76. The minimum absolute atomic E-state index is 0.0770. The van der Waals surface area contributed by atoms with Gasteiger partial charge in [0.05, 0.1) is 18.8 Å². The van der Waals surface area contributed by atoms with Crippen molar-refractivity contribution in [3.8, 4) is 0 Å². The SMILES string of the molecule is CC/C=C\C/C=C\C/C=C\C/C=C\C/C=C\C/C=C\C/C=C\C/C=C\CCCCC(=O)NC(CO)C(O)CCCCCCCCCCCCCCCCCCC. The van der Waals surface area contributed by atoms with Crippen molar-refractivity contribution in [2.24, 2.45) is 0 Å². The second kappa shape index (κ2) is 46.7. The van der Waals surface area contributed by atoms with Gasteiger partial charge in [0.25, 0.3) is 0 Å². The fraction of sp³-hybridized carbons (Fsp3) is 0.673. The van der Waals surface area contributed by atoms with Crippen molar-refractivity contribution in [1.82, 2.24) is 5.32 Å². The maximum atomic E-state index is 12.4. The molecule has 4 nitrogen and oxygen atoms in total. The van der Waals surface area contributed by atoms with Gasteiger partial charge in [0.1, 0.15) is 0 Å². The summed E-state index contributed by atoms with van der Waals surface area (Å²) in [4.78, 5) is 12.4. The third-order valence-corrected chi connectivity index (χ3v) is 10.1. The number of carbonyl (C=O) groups is 1. The number of carbonyl (C=O) groups excluding carboxylic acids is 1. The van der Waals surface area contributed by atoms with Crippen LogP contribution in [0.3, 0.4) is 0 Å². The second-order valence-electron chi connectivity index (χ2n) is 15.4. The maximum Gasteiger partial charge on any atom is 0.220 e. The van der Waals surface area contributed by atoms with Gasteiger partial charge in [-0.25, -0.2) is 0 Å². The van der Waals surface area contributed by atoms with Crippen molar-refractivity contribution in [1.29, 1.82) is 0 Å². The van der Waals surface area contributed by atoms with E-state index in [9.17, 15) is 15.0 Å². The van der Waals surface area contributed by atoms with Gasteiger partial charge in [-0.2, -0.15) is 0 Å². The molecule has 0 radical (unpaired) electrons. The van der Waals surface area contributed by atoms with E-state index < -0.39 is 12.1 Å². The molecule has 56 heavy (non-hydrogen) atoms. The second-order valence-corrected chi connectivity index (χ2v) is 15.4. The summed E-state index contributed by atoms with van der Waals surface area (Å²) in [7, 11) is 0. The standard InChI is InChI=1S/C52H89NO3/c1-3-5-7-9-11-13-15-17-19-21-22-23-24-25-26-27-28-29-30-32-34-36-38-40-42-44-46-48-52(56)53-50(49-54)51(55)47-45-43-41-39-37-35-33-31-20-18-16-14-12-10-8-6-4-2/h5,7,11,13,17,19,22-23,25-26,28-29,32,34,38,40,50-51,54-55H,3-4,6,8-10,12,14-16,18,20-21,24,27,30-31,33,35-37,39,41-49H2,1-2H3,(H,53,56)/b7-5-,13-11-,19-17-,23-22-,26-25-,29-28-,34-32-,40-38-. The minimum atomic E-state index is -0.685. The number of aliphatic hydroxyl groups excluding tert-OH is 2. The van der Waals surface area contributed by atoms with Crippen molar-refractivity contribution in [2.75, 3.05) is 6.61 Å². The lowest BCUT2D eigenvalue weighted by molar-refractivity contribution is -0.123. The molecule has 1 amide bonds. The first-order chi connectivity index (χ1) is 27.7. The molecule has 0 rings (SSSR count). The average molecular weight is 776 g/mol. The molecule has 2 unspecified atom stereocenters. The Labute approximate surface area is 347 Å². The molecule has 0 fully saturated rings. The monoisotopic (exact) mass is 776 g/mol. The summed E-state index contributed by atoms with van der Waals surface area (Å²) in [6.45, 7) is 4.22. The van der Waals surface area contributed by atoms with E-state index >= 15 is 0 Å². The molecule has 0 saturated carbocycles. The van der Waals surface area contributed by atoms with Crippen molar-refractivity contribution < 1.29 is 15.0 Å². The van der Waals surface area contributed by atoms with Crippen LogP contribution in [0.1, 0.15) is 206 Å². The van der Waals surface area contributed by atoms with Crippen LogP contribution in [0.25, 0.3) is 0 Å². The highest BCUT2D eigenvalue weighted by Crippen LogP contribution is 2.15. The molecule has 0 aromatic rings. The summed E-state index contributed by atoms with van der Waals surface area (Å²) >= 11 is 0. The van der Waals surface area contributed by atoms with Crippen LogP contribution >= 0.6 is 0 Å². The number of allylic oxidation sites excluding steroid dienone is 16. The van der Waals surface area contributed by atoms with Crippen LogP contribution in [0, 0.1) is 0 Å². The minimum Gasteiger partial charge on any atom is -0.394 e. The van der Waals surface area contributed by atoms with Gasteiger partial charge in [-0.3, -0.25) is 4.79 Å². The molecule has 0 aliphatic rings. The molecule has 0 saturated heterocycles. The molecule has 320 valence electrons. The Balaban J connectivity index is 3.69. The summed E-state index contributed by atoms with van der Waals surface area (Å²) in [5, 5.41) is 23.2. The molecule has 0 aromatic heterocycles. The zero-order valence-corrected chi connectivity index (χ0v) is 36.6. The first kappa shape index (κ1) is 53.3. The number of hydrogen-bond acceptors (Lipinski definition) is 3. The summed E-state index contributed by atoms with van der Waals surface area (Å²) < 4.78 is 0. The van der Waals surface area contributed by atoms with Gasteiger partial charge >= 0.3 is 0 Å². The summed E-state index contributed by atoms with van der Waals surface area (Å²) in [6.07, 6.45) is 69.2. The third-order valence-electron chi connectivity index (χ3n) is 10.1. The summed E-state index contributed by atoms with van der Waals surface area (Å²) in [5.74, 6) is -0.0770. The van der Waals surface area contributed by atoms with E-state index in [4.69, 9.17) is 0 Å². The van der Waals surface area contributed by atoms with Crippen molar-refractivity contribution in [3.63, 3.8) is 0 Å². The zero-order chi connectivity index (χ0) is 40.7. The van der Waals surface area contributed by atoms with Crippen LogP contribution in [-0.2, 0) is 4.79 Å². The first-order valence-corrected chi connectivity index (χ1v) is 23.4. The third kappa shape index (κ3) is 42.5. The van der Waals surface area contributed by atoms with E-state index in [2.05, 4.69) is 116 Å². The van der Waals surface area contributed by atoms with Gasteiger partial charge in [-0.05, 0) is 77.0 Å². The van der Waals surface area contributed by atoms with E-state index in [1.54, 1.807) is 0 Å². The lowest BCUT2D eigenvalue weighted by Crippen LogP contribution is -2.45. The molecule has 0 aliphatic carbocycles. The Kier molecular flexibility index (Phi) is 44.4. The Morgan fingerprint density at radius 1 is 0.446 bits per heavy atom. The van der Waals surface area contributed by atoms with Crippen molar-refractivity contribution in [2.45, 2.75) is 219 Å². The van der Waals surface area contributed by atoms with Crippen LogP contribution < -0.4 is 5.32 Å². The molecular formula is C52H89NO3. The molecule has 0 heterocycles. The van der Waals surface area contributed by atoms with E-state index in [1.807, 2.05) is 0 Å². The van der Waals surface area contributed by atoms with Gasteiger partial charge in [-0.1, -0.05) is 220 Å². The van der Waals surface area contributed by atoms with Crippen molar-refractivity contribution >= 4 is 5.91 Å². The quantitative estimate of drug-likeness (QED) is 0.0428. The number of nitrogens with one attached hydrogen (secondary N) is 1. The van der Waals surface area contributed by atoms with Gasteiger partial charge < -0.3 is 15.5 Å². The first-order valence-electron chi connectivity index (χ1n) is 23.4. The lowest BCUT2D eigenvalue weighted by Gasteiger charge is -2.22. The number of rotatable bonds is 41. The summed E-state index contributed by atoms with van der Waals surface area (Å²) in [5.41, 5.74) is 0. The van der Waals surface area contributed by atoms with Crippen LogP contribution in [0.5, 0.6) is 0 Å². The summed E-state index contributed by atoms with van der Waals surface area (Å²) in [6, 6.07) is -0.567. The predicted molar refractivity (Wildman–Crippen MR) is 248 cm³/mol. The van der Waals surface area contributed by atoms with Crippen LogP contribution in [0.2, 0.25) is 0 Å². The van der Waals surface area contributed by atoms with Crippen LogP contribution in [-0.4, -0.2) is 34.9 Å². The number of amides is 1. The molecule has 4 heteroatoms. The van der Waals surface area contributed by atoms with E-state index in [0.717, 1.165) is 83.5 Å². The number of unbranched alkanes of at least 4 members (excludes halogenated alkanes) is 18. The highest BCUT2D eigenvalue weighted by atomic mass is 16.3. The molecule has 3 N–H and O–H groups in total. The average Bonchev–Trinajstić information content (AvgIpc) is 3.20. The normalized spacial score (nSPS) is 13.9. The van der Waals surface area contributed by atoms with Gasteiger partial charge in [0.2, 0.25) is 5.91 Å². The zero-order valence-electron chi connectivity index (χ0n) is 36.6. The topological polar surface area (TPSA) is 69.6 Å². The highest BCUT2D eigenvalue weighted by Gasteiger charge is 2.19. The van der Waals surface area contributed by atoms with Crippen LogP contribution in [0.4, 0.5) is 0 Å². The van der Waals surface area contributed by atoms with E-state index in [1.165, 1.54) is 96.3 Å². The van der Waals surface area contributed by atoms with Crippen molar-refractivity contribution in [3.05, 3.63) is 97.2 Å². The molecule has 0 spiro atoms. The number of aliphatic hydroxyl groups is 2. The Morgan fingerprint density at radius 2 is 0.786 bits per heavy atom. The molecule has 0 aliphatic heterocycles. The van der Waals surface area contributed by atoms with Crippen LogP contribution in [0.15, 0.2) is 97.2 Å². The Bertz CT molecular complexity index is 1060. The van der Waals surface area contributed by atoms with Gasteiger partial charge in [-0.15, -0.1) is 0 Å². The molecule has 2 atom stereocenters. The molecule has 0 aromatic carbocycles. The fourth-order valence-corrected chi connectivity index (χ4v) is 6.55. The fourth-order valence-electron chi connectivity index (χ4n) is 6.55. The Hall–Kier alpha value is -2.69. The predicted octanol–water partition coefficient (Wildman–Crippen LogP) is 15.0. The lowest BCUT2D eigenvalue weighted by atomic mass is 10.0. The molecule has 0 bridgehead atoms. The largest absolute Gasteiger partial charge is 0.394 e. The smallest absolute Gasteiger partial charge is 0.220 e. The maximum absolute atomic E-state index is 12.4. The van der Waals surface area contributed by atoms with E-state index in [-0.39, 0.29) is 12.5 Å².